The number of benzene rings is 1. The van der Waals surface area contributed by atoms with Crippen molar-refractivity contribution in [2.45, 2.75) is 19.1 Å². The predicted molar refractivity (Wildman–Crippen MR) is 96.5 cm³/mol. The van der Waals surface area contributed by atoms with Crippen LogP contribution >= 0.6 is 35.0 Å². The van der Waals surface area contributed by atoms with E-state index in [-0.39, 0.29) is 24.0 Å². The van der Waals surface area contributed by atoms with Crippen LogP contribution in [0, 0.1) is 0 Å². The molecule has 0 spiro atoms. The van der Waals surface area contributed by atoms with Gasteiger partial charge < -0.3 is 14.4 Å². The molecule has 1 heterocycles. The summed E-state index contributed by atoms with van der Waals surface area (Å²) in [6.07, 6.45) is 5.01. The molecule has 0 aliphatic rings. The van der Waals surface area contributed by atoms with Crippen molar-refractivity contribution in [2.24, 2.45) is 0 Å². The van der Waals surface area contributed by atoms with E-state index in [0.717, 1.165) is 0 Å². The van der Waals surface area contributed by atoms with Crippen molar-refractivity contribution < 1.29 is 14.6 Å². The summed E-state index contributed by atoms with van der Waals surface area (Å²) in [5.41, 5.74) is -0.724. The maximum atomic E-state index is 11.5. The van der Waals surface area contributed by atoms with Gasteiger partial charge in [-0.25, -0.2) is 4.98 Å². The average Bonchev–Trinajstić information content (AvgIpc) is 2.99. The third-order valence-corrected chi connectivity index (χ3v) is 4.97. The van der Waals surface area contributed by atoms with Crippen LogP contribution in [0.25, 0.3) is 0 Å². The highest BCUT2D eigenvalue weighted by atomic mass is 35.5. The number of hydrogen-bond donors (Lipinski definition) is 1. The van der Waals surface area contributed by atoms with Gasteiger partial charge in [0.1, 0.15) is 5.60 Å². The van der Waals surface area contributed by atoms with Crippen molar-refractivity contribution in [2.75, 3.05) is 18.1 Å². The van der Waals surface area contributed by atoms with Crippen molar-refractivity contribution in [1.82, 2.24) is 9.55 Å². The Bertz CT molecular complexity index is 682. The molecule has 1 N–H and O–H groups in total. The second-order valence-electron chi connectivity index (χ2n) is 5.19. The molecule has 2 aromatic rings. The van der Waals surface area contributed by atoms with E-state index in [1.165, 1.54) is 11.8 Å². The number of aromatic nitrogens is 2. The molecule has 0 aliphatic carbocycles. The van der Waals surface area contributed by atoms with Gasteiger partial charge in [-0.3, -0.25) is 4.79 Å². The van der Waals surface area contributed by atoms with Gasteiger partial charge in [0.15, 0.2) is 0 Å². The Hall–Kier alpha value is -1.21. The topological polar surface area (TPSA) is 64.3 Å². The summed E-state index contributed by atoms with van der Waals surface area (Å²) < 4.78 is 6.67. The Kier molecular flexibility index (Phi) is 6.98. The number of imidazole rings is 1. The van der Waals surface area contributed by atoms with Gasteiger partial charge in [-0.2, -0.15) is 0 Å². The van der Waals surface area contributed by atoms with Gasteiger partial charge >= 0.3 is 5.97 Å². The minimum absolute atomic E-state index is 0.158. The fourth-order valence-electron chi connectivity index (χ4n) is 2.26. The van der Waals surface area contributed by atoms with Crippen LogP contribution in [0.4, 0.5) is 0 Å². The number of carbonyl (C=O) groups is 1. The highest BCUT2D eigenvalue weighted by molar-refractivity contribution is 7.99. The third kappa shape index (κ3) is 5.14. The molecule has 8 heteroatoms. The SMILES string of the molecule is CCOC(=O)CSCC(O)(Cn1ccnc1)c1ccc(Cl)cc1Cl. The summed E-state index contributed by atoms with van der Waals surface area (Å²) in [5, 5.41) is 12.1. The number of thioether (sulfide) groups is 1. The van der Waals surface area contributed by atoms with Gasteiger partial charge in [0.05, 0.1) is 25.2 Å². The molecule has 0 aliphatic heterocycles. The van der Waals surface area contributed by atoms with Crippen LogP contribution in [0.1, 0.15) is 12.5 Å². The van der Waals surface area contributed by atoms with Gasteiger partial charge in [0.25, 0.3) is 0 Å². The normalized spacial score (nSPS) is 13.5. The number of ether oxygens (including phenoxy) is 1. The number of halogens is 2. The van der Waals surface area contributed by atoms with Crippen molar-refractivity contribution >= 4 is 40.9 Å². The Balaban J connectivity index is 2.19. The minimum atomic E-state index is -1.28. The number of hydrogen-bond acceptors (Lipinski definition) is 5. The molecular formula is C16H18Cl2N2O3S. The molecule has 1 unspecified atom stereocenters. The maximum Gasteiger partial charge on any atom is 0.315 e. The zero-order valence-electron chi connectivity index (χ0n) is 13.1. The molecule has 130 valence electrons. The van der Waals surface area contributed by atoms with E-state index < -0.39 is 5.60 Å². The summed E-state index contributed by atoms with van der Waals surface area (Å²) in [6, 6.07) is 4.97. The number of nitrogens with zero attached hydrogens (tertiary/aromatic N) is 2. The Morgan fingerprint density at radius 3 is 2.88 bits per heavy atom. The molecule has 0 bridgehead atoms. The average molecular weight is 389 g/mol. The van der Waals surface area contributed by atoms with E-state index in [2.05, 4.69) is 4.98 Å². The summed E-state index contributed by atoms with van der Waals surface area (Å²) in [7, 11) is 0. The van der Waals surface area contributed by atoms with Gasteiger partial charge in [0.2, 0.25) is 0 Å². The van der Waals surface area contributed by atoms with Crippen LogP contribution in [0.5, 0.6) is 0 Å². The number of aliphatic hydroxyl groups is 1. The van der Waals surface area contributed by atoms with E-state index in [0.29, 0.717) is 22.2 Å². The molecule has 24 heavy (non-hydrogen) atoms. The summed E-state index contributed by atoms with van der Waals surface area (Å²) in [5.74, 6) is 0.117. The lowest BCUT2D eigenvalue weighted by Gasteiger charge is -2.29. The lowest BCUT2D eigenvalue weighted by atomic mass is 9.95. The second kappa shape index (κ2) is 8.76. The fourth-order valence-corrected chi connectivity index (χ4v) is 3.78. The first-order valence-corrected chi connectivity index (χ1v) is 9.22. The Morgan fingerprint density at radius 2 is 2.25 bits per heavy atom. The molecule has 0 saturated carbocycles. The van der Waals surface area contributed by atoms with Gasteiger partial charge in [-0.15, -0.1) is 11.8 Å². The molecule has 0 saturated heterocycles. The largest absolute Gasteiger partial charge is 0.465 e. The van der Waals surface area contributed by atoms with Crippen LogP contribution in [-0.4, -0.2) is 38.7 Å². The molecule has 2 rings (SSSR count). The summed E-state index contributed by atoms with van der Waals surface area (Å²) in [6.45, 7) is 2.34. The number of rotatable bonds is 8. The predicted octanol–water partition coefficient (Wildman–Crippen LogP) is 3.37. The monoisotopic (exact) mass is 388 g/mol. The van der Waals surface area contributed by atoms with Crippen molar-refractivity contribution in [3.05, 3.63) is 52.5 Å². The molecule has 1 aromatic carbocycles. The van der Waals surface area contributed by atoms with E-state index >= 15 is 0 Å². The minimum Gasteiger partial charge on any atom is -0.465 e. The summed E-state index contributed by atoms with van der Waals surface area (Å²) >= 11 is 13.5. The molecular weight excluding hydrogens is 371 g/mol. The Labute approximate surface area is 154 Å². The van der Waals surface area contributed by atoms with Crippen LogP contribution in [0.15, 0.2) is 36.9 Å². The molecule has 0 amide bonds. The lowest BCUT2D eigenvalue weighted by molar-refractivity contribution is -0.139. The number of carbonyl (C=O) groups excluding carboxylic acids is 1. The Morgan fingerprint density at radius 1 is 1.46 bits per heavy atom. The first-order valence-electron chi connectivity index (χ1n) is 7.31. The van der Waals surface area contributed by atoms with Gasteiger partial charge in [-0.05, 0) is 19.1 Å². The number of esters is 1. The van der Waals surface area contributed by atoms with Crippen molar-refractivity contribution in [1.29, 1.82) is 0 Å². The molecule has 0 radical (unpaired) electrons. The molecule has 1 aromatic heterocycles. The fraction of sp³-hybridized carbons (Fsp3) is 0.375. The highest BCUT2D eigenvalue weighted by Gasteiger charge is 2.32. The van der Waals surface area contributed by atoms with Crippen LogP contribution in [-0.2, 0) is 21.7 Å². The highest BCUT2D eigenvalue weighted by Crippen LogP contribution is 2.34. The van der Waals surface area contributed by atoms with Crippen LogP contribution in [0.2, 0.25) is 10.0 Å². The molecule has 5 nitrogen and oxygen atoms in total. The van der Waals surface area contributed by atoms with E-state index in [4.69, 9.17) is 27.9 Å². The first kappa shape index (κ1) is 19.1. The summed E-state index contributed by atoms with van der Waals surface area (Å²) in [4.78, 5) is 15.5. The van der Waals surface area contributed by atoms with E-state index in [1.807, 2.05) is 0 Å². The third-order valence-electron chi connectivity index (χ3n) is 3.30. The zero-order chi connectivity index (χ0) is 17.6. The molecule has 1 atom stereocenters. The zero-order valence-corrected chi connectivity index (χ0v) is 15.4. The van der Waals surface area contributed by atoms with Gasteiger partial charge in [0, 0.05) is 33.8 Å². The quantitative estimate of drug-likeness (QED) is 0.702. The maximum absolute atomic E-state index is 11.5. The van der Waals surface area contributed by atoms with Crippen molar-refractivity contribution in [3.8, 4) is 0 Å². The van der Waals surface area contributed by atoms with Gasteiger partial charge in [-0.1, -0.05) is 29.3 Å². The van der Waals surface area contributed by atoms with E-state index in [9.17, 15) is 9.90 Å². The lowest BCUT2D eigenvalue weighted by Crippen LogP contribution is -2.34. The standard InChI is InChI=1S/C16H18Cl2N2O3S/c1-2-23-15(21)8-24-10-16(22,9-20-6-5-19-11-20)13-4-3-12(17)7-14(13)18/h3-7,11,22H,2,8-10H2,1H3. The molecule has 0 fully saturated rings. The smallest absolute Gasteiger partial charge is 0.315 e. The van der Waals surface area contributed by atoms with Crippen LogP contribution < -0.4 is 0 Å². The van der Waals surface area contributed by atoms with Crippen molar-refractivity contribution in [3.63, 3.8) is 0 Å². The second-order valence-corrected chi connectivity index (χ2v) is 7.02. The van der Waals surface area contributed by atoms with Crippen LogP contribution in [0.3, 0.4) is 0 Å². The first-order chi connectivity index (χ1) is 11.4. The van der Waals surface area contributed by atoms with E-state index in [1.54, 1.807) is 48.4 Å².